The van der Waals surface area contributed by atoms with Crippen LogP contribution >= 0.6 is 0 Å². The van der Waals surface area contributed by atoms with Crippen LogP contribution < -0.4 is 4.74 Å². The van der Waals surface area contributed by atoms with E-state index in [-0.39, 0.29) is 5.56 Å². The highest BCUT2D eigenvalue weighted by Crippen LogP contribution is 2.28. The van der Waals surface area contributed by atoms with Crippen molar-refractivity contribution in [1.82, 2.24) is 0 Å². The Morgan fingerprint density at radius 2 is 1.75 bits per heavy atom. The second kappa shape index (κ2) is 4.35. The largest absolute Gasteiger partial charge is 0.496 e. The Morgan fingerprint density at radius 3 is 2.19 bits per heavy atom. The molecule has 0 amide bonds. The van der Waals surface area contributed by atoms with Gasteiger partial charge >= 0.3 is 5.97 Å². The van der Waals surface area contributed by atoms with Gasteiger partial charge < -0.3 is 9.84 Å². The van der Waals surface area contributed by atoms with Crippen LogP contribution in [0.3, 0.4) is 0 Å². The van der Waals surface area contributed by atoms with Crippen molar-refractivity contribution in [1.29, 1.82) is 0 Å². The Labute approximate surface area is 93.9 Å². The number of carbonyl (C=O) groups excluding carboxylic acids is 1. The fraction of sp³-hybridized carbons (Fsp3) is 0.333. The average Bonchev–Trinajstić information content (AvgIpc) is 2.23. The third-order valence-electron chi connectivity index (χ3n) is 2.67. The smallest absolute Gasteiger partial charge is 0.377 e. The molecule has 4 heteroatoms. The molecule has 0 saturated carbocycles. The van der Waals surface area contributed by atoms with E-state index in [4.69, 9.17) is 9.84 Å². The summed E-state index contributed by atoms with van der Waals surface area (Å²) in [5, 5.41) is 8.69. The van der Waals surface area contributed by atoms with Crippen molar-refractivity contribution in [3.05, 3.63) is 28.3 Å². The zero-order chi connectivity index (χ0) is 12.5. The Balaban J connectivity index is 3.45. The maximum Gasteiger partial charge on any atom is 0.377 e. The van der Waals surface area contributed by atoms with Crippen molar-refractivity contribution in [3.63, 3.8) is 0 Å². The lowest BCUT2D eigenvalue weighted by molar-refractivity contribution is -0.131. The van der Waals surface area contributed by atoms with Crippen LogP contribution in [0.1, 0.15) is 27.0 Å². The molecular weight excluding hydrogens is 208 g/mol. The van der Waals surface area contributed by atoms with Gasteiger partial charge in [0.2, 0.25) is 0 Å². The fourth-order valence-electron chi connectivity index (χ4n) is 1.72. The Morgan fingerprint density at radius 1 is 1.19 bits per heavy atom. The minimum Gasteiger partial charge on any atom is -0.496 e. The third-order valence-corrected chi connectivity index (χ3v) is 2.67. The summed E-state index contributed by atoms with van der Waals surface area (Å²) in [6.07, 6.45) is 0. The number of ketones is 1. The summed E-state index contributed by atoms with van der Waals surface area (Å²) in [7, 11) is 1.55. The van der Waals surface area contributed by atoms with Crippen LogP contribution in [0.4, 0.5) is 0 Å². The quantitative estimate of drug-likeness (QED) is 0.626. The number of Topliss-reactive ketones (excluding diaryl/α,β-unsaturated/α-hetero) is 1. The summed E-state index contributed by atoms with van der Waals surface area (Å²) in [6, 6.07) is 1.55. The first-order valence-corrected chi connectivity index (χ1v) is 4.82. The Bertz CT molecular complexity index is 461. The molecule has 1 rings (SSSR count). The topological polar surface area (TPSA) is 63.6 Å². The molecule has 1 aromatic rings. The van der Waals surface area contributed by atoms with Crippen molar-refractivity contribution in [3.8, 4) is 5.75 Å². The molecule has 0 unspecified atom stereocenters. The first kappa shape index (κ1) is 12.2. The molecule has 0 spiro atoms. The summed E-state index contributed by atoms with van der Waals surface area (Å²) in [5.41, 5.74) is 2.43. The number of rotatable bonds is 3. The number of carbonyl (C=O) groups is 2. The molecule has 0 bridgehead atoms. The highest BCUT2D eigenvalue weighted by molar-refractivity contribution is 6.40. The van der Waals surface area contributed by atoms with E-state index < -0.39 is 11.8 Å². The van der Waals surface area contributed by atoms with Gasteiger partial charge in [0, 0.05) is 5.56 Å². The van der Waals surface area contributed by atoms with Crippen LogP contribution in [0.15, 0.2) is 6.07 Å². The lowest BCUT2D eigenvalue weighted by atomic mass is 9.96. The molecule has 1 aromatic carbocycles. The van der Waals surface area contributed by atoms with E-state index in [1.807, 2.05) is 0 Å². The molecule has 86 valence electrons. The zero-order valence-corrected chi connectivity index (χ0v) is 9.75. The van der Waals surface area contributed by atoms with Gasteiger partial charge in [0.05, 0.1) is 7.11 Å². The molecule has 0 aliphatic carbocycles. The second-order valence-electron chi connectivity index (χ2n) is 3.66. The van der Waals surface area contributed by atoms with Crippen LogP contribution in [0.25, 0.3) is 0 Å². The van der Waals surface area contributed by atoms with E-state index in [2.05, 4.69) is 0 Å². The van der Waals surface area contributed by atoms with E-state index in [0.717, 1.165) is 11.1 Å². The van der Waals surface area contributed by atoms with Gasteiger partial charge in [-0.05, 0) is 43.5 Å². The minimum atomic E-state index is -1.44. The second-order valence-corrected chi connectivity index (χ2v) is 3.66. The molecule has 16 heavy (non-hydrogen) atoms. The first-order chi connectivity index (χ1) is 7.40. The molecule has 1 N–H and O–H groups in total. The maximum atomic E-state index is 11.4. The van der Waals surface area contributed by atoms with Crippen LogP contribution in [0, 0.1) is 20.8 Å². The van der Waals surface area contributed by atoms with Crippen molar-refractivity contribution in [2.24, 2.45) is 0 Å². The van der Waals surface area contributed by atoms with Gasteiger partial charge in [-0.3, -0.25) is 4.79 Å². The molecule has 0 saturated heterocycles. The maximum absolute atomic E-state index is 11.4. The van der Waals surface area contributed by atoms with E-state index in [1.165, 1.54) is 0 Å². The number of hydrogen-bond donors (Lipinski definition) is 1. The van der Waals surface area contributed by atoms with Crippen molar-refractivity contribution < 1.29 is 19.4 Å². The molecule has 0 atom stereocenters. The van der Waals surface area contributed by atoms with E-state index >= 15 is 0 Å². The number of carboxylic acid groups (broad SMARTS) is 1. The van der Waals surface area contributed by atoms with Gasteiger partial charge in [0.25, 0.3) is 5.78 Å². The first-order valence-electron chi connectivity index (χ1n) is 4.82. The molecule has 0 aliphatic rings. The van der Waals surface area contributed by atoms with Gasteiger partial charge in [0.1, 0.15) is 5.75 Å². The number of methoxy groups -OCH3 is 1. The molecule has 4 nitrogen and oxygen atoms in total. The number of hydrogen-bond acceptors (Lipinski definition) is 3. The van der Waals surface area contributed by atoms with Gasteiger partial charge in [-0.2, -0.15) is 0 Å². The highest BCUT2D eigenvalue weighted by atomic mass is 16.5. The zero-order valence-electron chi connectivity index (χ0n) is 9.75. The Kier molecular flexibility index (Phi) is 3.32. The van der Waals surface area contributed by atoms with E-state index in [9.17, 15) is 9.59 Å². The highest BCUT2D eigenvalue weighted by Gasteiger charge is 2.20. The van der Waals surface area contributed by atoms with Crippen molar-refractivity contribution in [2.75, 3.05) is 7.11 Å². The van der Waals surface area contributed by atoms with Crippen LogP contribution in [0.2, 0.25) is 0 Å². The standard InChI is InChI=1S/C12H14O4/c1-6-5-9(10(13)12(14)15)7(2)8(3)11(6)16-4/h5H,1-4H3,(H,14,15). The summed E-state index contributed by atoms with van der Waals surface area (Å²) < 4.78 is 5.19. The number of aryl methyl sites for hydroxylation is 1. The molecule has 0 aromatic heterocycles. The minimum absolute atomic E-state index is 0.225. The average molecular weight is 222 g/mol. The number of carboxylic acids is 1. The lowest BCUT2D eigenvalue weighted by Gasteiger charge is -2.13. The summed E-state index contributed by atoms with van der Waals surface area (Å²) >= 11 is 0. The summed E-state index contributed by atoms with van der Waals surface area (Å²) in [5.74, 6) is -1.63. The SMILES string of the molecule is COc1c(C)cc(C(=O)C(=O)O)c(C)c1C. The Hall–Kier alpha value is -1.84. The predicted molar refractivity (Wildman–Crippen MR) is 59.2 cm³/mol. The van der Waals surface area contributed by atoms with Gasteiger partial charge in [-0.15, -0.1) is 0 Å². The normalized spacial score (nSPS) is 10.0. The number of ether oxygens (including phenoxy) is 1. The molecule has 0 aliphatic heterocycles. The van der Waals surface area contributed by atoms with Crippen molar-refractivity contribution >= 4 is 11.8 Å². The summed E-state index contributed by atoms with van der Waals surface area (Å²) in [6.45, 7) is 5.30. The van der Waals surface area contributed by atoms with Gasteiger partial charge in [-0.1, -0.05) is 0 Å². The lowest BCUT2D eigenvalue weighted by Crippen LogP contribution is -2.15. The molecule has 0 radical (unpaired) electrons. The van der Waals surface area contributed by atoms with Gasteiger partial charge in [-0.25, -0.2) is 4.79 Å². The van der Waals surface area contributed by atoms with Gasteiger partial charge in [0.15, 0.2) is 0 Å². The molecular formula is C12H14O4. The van der Waals surface area contributed by atoms with E-state index in [1.54, 1.807) is 33.9 Å². The number of benzene rings is 1. The monoisotopic (exact) mass is 222 g/mol. The molecule has 0 heterocycles. The third kappa shape index (κ3) is 1.91. The number of aliphatic carboxylic acids is 1. The fourth-order valence-corrected chi connectivity index (χ4v) is 1.72. The summed E-state index contributed by atoms with van der Waals surface area (Å²) in [4.78, 5) is 22.1. The van der Waals surface area contributed by atoms with Crippen LogP contribution in [-0.4, -0.2) is 24.0 Å². The van der Waals surface area contributed by atoms with E-state index in [0.29, 0.717) is 11.3 Å². The predicted octanol–water partition coefficient (Wildman–Crippen LogP) is 1.89. The van der Waals surface area contributed by atoms with Crippen LogP contribution in [0.5, 0.6) is 5.75 Å². The van der Waals surface area contributed by atoms with Crippen LogP contribution in [-0.2, 0) is 4.79 Å². The molecule has 0 fully saturated rings. The van der Waals surface area contributed by atoms with Crippen molar-refractivity contribution in [2.45, 2.75) is 20.8 Å².